The van der Waals surface area contributed by atoms with Crippen molar-refractivity contribution < 1.29 is 0 Å². The van der Waals surface area contributed by atoms with Crippen LogP contribution in [0.1, 0.15) is 61.8 Å². The van der Waals surface area contributed by atoms with Crippen LogP contribution >= 0.6 is 0 Å². The molecule has 0 radical (unpaired) electrons. The van der Waals surface area contributed by atoms with Crippen LogP contribution in [0.2, 0.25) is 0 Å². The van der Waals surface area contributed by atoms with E-state index in [1.165, 1.54) is 16.7 Å². The number of aryl methyl sites for hydroxylation is 2. The third-order valence-electron chi connectivity index (χ3n) is 5.46. The van der Waals surface area contributed by atoms with Gasteiger partial charge in [-0.1, -0.05) is 29.8 Å². The molecule has 2 aromatic heterocycles. The Hall–Kier alpha value is -2.50. The second-order valence-electron chi connectivity index (χ2n) is 8.48. The van der Waals surface area contributed by atoms with Gasteiger partial charge in [-0.25, -0.2) is 4.98 Å². The van der Waals surface area contributed by atoms with Gasteiger partial charge in [0.25, 0.3) is 0 Å². The number of fused-ring (bicyclic) bond motifs is 1. The van der Waals surface area contributed by atoms with Crippen molar-refractivity contribution in [1.82, 2.24) is 20.3 Å². The monoisotopic (exact) mass is 405 g/mol. The van der Waals surface area contributed by atoms with Crippen molar-refractivity contribution in [3.05, 3.63) is 70.8 Å². The van der Waals surface area contributed by atoms with E-state index in [2.05, 4.69) is 62.3 Å². The summed E-state index contributed by atoms with van der Waals surface area (Å²) in [4.78, 5) is 13.1. The van der Waals surface area contributed by atoms with Crippen LogP contribution in [-0.4, -0.2) is 27.5 Å². The Morgan fingerprint density at radius 1 is 1.23 bits per heavy atom. The molecule has 0 aliphatic rings. The third-order valence-corrected chi connectivity index (χ3v) is 5.46. The molecule has 0 aliphatic carbocycles. The van der Waals surface area contributed by atoms with Crippen LogP contribution in [0.4, 0.5) is 0 Å². The van der Waals surface area contributed by atoms with Crippen molar-refractivity contribution in [1.29, 1.82) is 0 Å². The van der Waals surface area contributed by atoms with E-state index in [0.717, 1.165) is 48.2 Å². The maximum absolute atomic E-state index is 5.84. The molecule has 160 valence electrons. The average molecular weight is 406 g/mol. The number of hydrogen-bond donors (Lipinski definition) is 3. The smallest absolute Gasteiger partial charge is 0.124 e. The van der Waals surface area contributed by atoms with Crippen molar-refractivity contribution in [2.45, 2.75) is 65.5 Å². The van der Waals surface area contributed by atoms with E-state index in [0.29, 0.717) is 6.54 Å². The van der Waals surface area contributed by atoms with Gasteiger partial charge in [-0.3, -0.25) is 4.98 Å². The summed E-state index contributed by atoms with van der Waals surface area (Å²) in [6.45, 7) is 9.21. The summed E-state index contributed by atoms with van der Waals surface area (Å²) in [5, 5.41) is 3.88. The summed E-state index contributed by atoms with van der Waals surface area (Å²) in [5.74, 6) is 0.986. The van der Waals surface area contributed by atoms with Crippen LogP contribution in [0.15, 0.2) is 48.2 Å². The molecular weight excluding hydrogens is 370 g/mol. The molecule has 0 saturated heterocycles. The normalized spacial score (nSPS) is 13.4. The fourth-order valence-electron chi connectivity index (χ4n) is 3.83. The molecule has 0 bridgehead atoms. The van der Waals surface area contributed by atoms with Crippen LogP contribution in [0.3, 0.4) is 0 Å². The van der Waals surface area contributed by atoms with Crippen LogP contribution in [0.25, 0.3) is 11.0 Å². The lowest BCUT2D eigenvalue weighted by Crippen LogP contribution is -2.36. The number of hydrogen-bond acceptors (Lipinski definition) is 4. The molecule has 3 aromatic rings. The highest BCUT2D eigenvalue weighted by Gasteiger charge is 2.20. The summed E-state index contributed by atoms with van der Waals surface area (Å²) < 4.78 is 0. The summed E-state index contributed by atoms with van der Waals surface area (Å²) >= 11 is 0. The molecular formula is C25H35N5. The number of aromatic nitrogens is 3. The SMILES string of the molecule is CC(C)=CCC(NC(CCCN)Cc1ncc(C)cc1C)c1nc2ccccc2[nH]1. The molecule has 3 rings (SSSR count). The van der Waals surface area contributed by atoms with Gasteiger partial charge in [-0.15, -0.1) is 0 Å². The fourth-order valence-corrected chi connectivity index (χ4v) is 3.83. The highest BCUT2D eigenvalue weighted by atomic mass is 15.0. The summed E-state index contributed by atoms with van der Waals surface area (Å²) in [6, 6.07) is 10.8. The topological polar surface area (TPSA) is 79.6 Å². The van der Waals surface area contributed by atoms with E-state index in [-0.39, 0.29) is 12.1 Å². The Morgan fingerprint density at radius 3 is 2.73 bits per heavy atom. The van der Waals surface area contributed by atoms with Gasteiger partial charge in [0.05, 0.1) is 17.1 Å². The van der Waals surface area contributed by atoms with Crippen molar-refractivity contribution in [3.63, 3.8) is 0 Å². The van der Waals surface area contributed by atoms with Gasteiger partial charge in [0.15, 0.2) is 0 Å². The molecule has 2 atom stereocenters. The van der Waals surface area contributed by atoms with Crippen LogP contribution < -0.4 is 11.1 Å². The zero-order valence-corrected chi connectivity index (χ0v) is 18.7. The number of rotatable bonds is 10. The summed E-state index contributed by atoms with van der Waals surface area (Å²) in [5.41, 5.74) is 12.8. The second kappa shape index (κ2) is 10.5. The Bertz CT molecular complexity index is 951. The van der Waals surface area contributed by atoms with Gasteiger partial charge in [0.2, 0.25) is 0 Å². The zero-order valence-electron chi connectivity index (χ0n) is 18.7. The molecule has 5 heteroatoms. The molecule has 0 spiro atoms. The van der Waals surface area contributed by atoms with Crippen LogP contribution in [0, 0.1) is 13.8 Å². The van der Waals surface area contributed by atoms with Crippen LogP contribution in [-0.2, 0) is 6.42 Å². The number of para-hydroxylation sites is 2. The number of nitrogens with zero attached hydrogens (tertiary/aromatic N) is 2. The van der Waals surface area contributed by atoms with E-state index in [9.17, 15) is 0 Å². The van der Waals surface area contributed by atoms with Gasteiger partial charge >= 0.3 is 0 Å². The fraction of sp³-hybridized carbons (Fsp3) is 0.440. The van der Waals surface area contributed by atoms with Gasteiger partial charge < -0.3 is 16.0 Å². The standard InChI is InChI=1S/C25H35N5/c1-17(2)11-12-23(25-29-21-9-5-6-10-22(21)30-25)28-20(8-7-13-26)15-24-19(4)14-18(3)16-27-24/h5-6,9-11,14,16,20,23,28H,7-8,12-13,15,26H2,1-4H3,(H,29,30). The predicted octanol–water partition coefficient (Wildman–Crippen LogP) is 4.91. The van der Waals surface area contributed by atoms with Gasteiger partial charge in [-0.2, -0.15) is 0 Å². The largest absolute Gasteiger partial charge is 0.341 e. The minimum atomic E-state index is 0.112. The summed E-state index contributed by atoms with van der Waals surface area (Å²) in [7, 11) is 0. The molecule has 1 aromatic carbocycles. The maximum atomic E-state index is 5.84. The van der Waals surface area contributed by atoms with Crippen molar-refractivity contribution in [2.75, 3.05) is 6.54 Å². The number of aromatic amines is 1. The lowest BCUT2D eigenvalue weighted by molar-refractivity contribution is 0.394. The lowest BCUT2D eigenvalue weighted by Gasteiger charge is -2.25. The first-order valence-corrected chi connectivity index (χ1v) is 10.9. The molecule has 0 aliphatic heterocycles. The van der Waals surface area contributed by atoms with Gasteiger partial charge in [-0.05, 0) is 76.8 Å². The van der Waals surface area contributed by atoms with E-state index in [1.807, 2.05) is 18.3 Å². The first kappa shape index (κ1) is 22.2. The zero-order chi connectivity index (χ0) is 21.5. The van der Waals surface area contributed by atoms with Gasteiger partial charge in [0, 0.05) is 24.4 Å². The minimum absolute atomic E-state index is 0.112. The Kier molecular flexibility index (Phi) is 7.77. The third kappa shape index (κ3) is 6.00. The number of allylic oxidation sites excluding steroid dienone is 1. The quantitative estimate of drug-likeness (QED) is 0.419. The number of nitrogens with two attached hydrogens (primary N) is 1. The van der Waals surface area contributed by atoms with Crippen molar-refractivity contribution in [2.24, 2.45) is 5.73 Å². The number of benzene rings is 1. The number of H-pyrrole nitrogens is 1. The van der Waals surface area contributed by atoms with Gasteiger partial charge in [0.1, 0.15) is 5.82 Å². The van der Waals surface area contributed by atoms with Crippen molar-refractivity contribution in [3.8, 4) is 0 Å². The van der Waals surface area contributed by atoms with E-state index >= 15 is 0 Å². The molecule has 2 heterocycles. The molecule has 0 saturated carbocycles. The first-order chi connectivity index (χ1) is 14.5. The number of pyridine rings is 1. The molecule has 5 nitrogen and oxygen atoms in total. The second-order valence-corrected chi connectivity index (χ2v) is 8.48. The lowest BCUT2D eigenvalue weighted by atomic mass is 10.00. The highest BCUT2D eigenvalue weighted by molar-refractivity contribution is 5.74. The average Bonchev–Trinajstić information content (AvgIpc) is 3.14. The van der Waals surface area contributed by atoms with Crippen LogP contribution in [0.5, 0.6) is 0 Å². The van der Waals surface area contributed by atoms with E-state index < -0.39 is 0 Å². The molecule has 0 amide bonds. The molecule has 0 fully saturated rings. The minimum Gasteiger partial charge on any atom is -0.341 e. The predicted molar refractivity (Wildman–Crippen MR) is 126 cm³/mol. The summed E-state index contributed by atoms with van der Waals surface area (Å²) in [6.07, 6.45) is 8.01. The number of imidazole rings is 1. The Labute approximate surface area is 180 Å². The van der Waals surface area contributed by atoms with E-state index in [4.69, 9.17) is 15.7 Å². The first-order valence-electron chi connectivity index (χ1n) is 10.9. The maximum Gasteiger partial charge on any atom is 0.124 e. The van der Waals surface area contributed by atoms with E-state index in [1.54, 1.807) is 0 Å². The molecule has 30 heavy (non-hydrogen) atoms. The Morgan fingerprint density at radius 2 is 2.03 bits per heavy atom. The van der Waals surface area contributed by atoms with Crippen molar-refractivity contribution >= 4 is 11.0 Å². The molecule has 4 N–H and O–H groups in total. The Balaban J connectivity index is 1.86. The number of nitrogens with one attached hydrogen (secondary N) is 2. The molecule has 2 unspecified atom stereocenters. The highest BCUT2D eigenvalue weighted by Crippen LogP contribution is 2.22.